The molecule has 1 saturated carbocycles. The number of hydrogen-bond acceptors (Lipinski definition) is 3. The largest absolute Gasteiger partial charge is 0.388 e. The first-order chi connectivity index (χ1) is 12.8. The molecule has 4 N–H and O–H groups in total. The molecular weight excluding hydrogens is 336 g/mol. The summed E-state index contributed by atoms with van der Waals surface area (Å²) in [6.45, 7) is 6.74. The van der Waals surface area contributed by atoms with Gasteiger partial charge in [0.25, 0.3) is 5.91 Å². The molecule has 150 valence electrons. The van der Waals surface area contributed by atoms with Crippen LogP contribution in [0.4, 0.5) is 0 Å². The van der Waals surface area contributed by atoms with Crippen LogP contribution in [0.15, 0.2) is 18.2 Å². The van der Waals surface area contributed by atoms with E-state index in [1.807, 2.05) is 25.1 Å². The van der Waals surface area contributed by atoms with Gasteiger partial charge in [0.05, 0.1) is 5.60 Å². The van der Waals surface area contributed by atoms with E-state index in [9.17, 15) is 9.90 Å². The summed E-state index contributed by atoms with van der Waals surface area (Å²) in [6.07, 6.45) is 7.56. The molecule has 2 aliphatic carbocycles. The van der Waals surface area contributed by atoms with Crippen molar-refractivity contribution in [3.63, 3.8) is 0 Å². The van der Waals surface area contributed by atoms with Crippen LogP contribution in [-0.4, -0.2) is 23.2 Å². The van der Waals surface area contributed by atoms with Crippen molar-refractivity contribution < 1.29 is 9.90 Å². The highest BCUT2D eigenvalue weighted by Gasteiger charge is 2.36. The van der Waals surface area contributed by atoms with Crippen LogP contribution in [0.2, 0.25) is 0 Å². The standard InChI is InChI=1S/C23H36N2O2/c1-15(2)16-9-11-19(12-10-16)23(3,27)14-25-22(26)18-8-7-17-5-4-6-21(24)20(17)13-18/h7-8,13,15-16,19,21,27H,4-6,9-12,14,24H2,1-3H3,(H,25,26). The Morgan fingerprint density at radius 3 is 2.63 bits per heavy atom. The maximum atomic E-state index is 12.6. The predicted octanol–water partition coefficient (Wildman–Crippen LogP) is 3.97. The third-order valence-electron chi connectivity index (χ3n) is 6.97. The minimum Gasteiger partial charge on any atom is -0.388 e. The van der Waals surface area contributed by atoms with E-state index in [1.54, 1.807) is 0 Å². The molecule has 2 aliphatic rings. The second kappa shape index (κ2) is 8.32. The lowest BCUT2D eigenvalue weighted by Gasteiger charge is -2.39. The molecule has 0 aliphatic heterocycles. The molecular formula is C23H36N2O2. The fourth-order valence-corrected chi connectivity index (χ4v) is 4.89. The summed E-state index contributed by atoms with van der Waals surface area (Å²) >= 11 is 0. The van der Waals surface area contributed by atoms with Gasteiger partial charge in [-0.2, -0.15) is 0 Å². The maximum absolute atomic E-state index is 12.6. The van der Waals surface area contributed by atoms with Crippen molar-refractivity contribution in [3.8, 4) is 0 Å². The monoisotopic (exact) mass is 372 g/mol. The number of hydrogen-bond donors (Lipinski definition) is 3. The van der Waals surface area contributed by atoms with Crippen molar-refractivity contribution in [1.82, 2.24) is 5.32 Å². The number of aryl methyl sites for hydroxylation is 1. The maximum Gasteiger partial charge on any atom is 0.251 e. The highest BCUT2D eigenvalue weighted by Crippen LogP contribution is 2.38. The minimum absolute atomic E-state index is 0.0285. The van der Waals surface area contributed by atoms with Crippen LogP contribution in [0.5, 0.6) is 0 Å². The Morgan fingerprint density at radius 2 is 1.96 bits per heavy atom. The number of carbonyl (C=O) groups is 1. The Labute approximate surface area is 163 Å². The summed E-state index contributed by atoms with van der Waals surface area (Å²) in [6, 6.07) is 5.89. The average Bonchev–Trinajstić information content (AvgIpc) is 2.66. The van der Waals surface area contributed by atoms with Crippen LogP contribution in [0.1, 0.15) is 86.8 Å². The van der Waals surface area contributed by atoms with Crippen molar-refractivity contribution in [2.75, 3.05) is 6.54 Å². The van der Waals surface area contributed by atoms with E-state index in [0.717, 1.165) is 43.6 Å². The number of aliphatic hydroxyl groups is 1. The third kappa shape index (κ3) is 4.72. The lowest BCUT2D eigenvalue weighted by atomic mass is 9.71. The van der Waals surface area contributed by atoms with Gasteiger partial charge in [-0.3, -0.25) is 4.79 Å². The summed E-state index contributed by atoms with van der Waals surface area (Å²) in [7, 11) is 0. The first-order valence-corrected chi connectivity index (χ1v) is 10.7. The molecule has 1 aromatic rings. The Kier molecular flexibility index (Phi) is 6.27. The zero-order chi connectivity index (χ0) is 19.6. The van der Waals surface area contributed by atoms with Gasteiger partial charge in [-0.1, -0.05) is 19.9 Å². The van der Waals surface area contributed by atoms with E-state index in [2.05, 4.69) is 19.2 Å². The number of carbonyl (C=O) groups excluding carboxylic acids is 1. The van der Waals surface area contributed by atoms with E-state index in [1.165, 1.54) is 18.4 Å². The van der Waals surface area contributed by atoms with Gasteiger partial charge in [-0.15, -0.1) is 0 Å². The number of rotatable bonds is 5. The van der Waals surface area contributed by atoms with Gasteiger partial charge >= 0.3 is 0 Å². The van der Waals surface area contributed by atoms with Gasteiger partial charge in [0.2, 0.25) is 0 Å². The smallest absolute Gasteiger partial charge is 0.251 e. The van der Waals surface area contributed by atoms with Gasteiger partial charge in [0.1, 0.15) is 0 Å². The first-order valence-electron chi connectivity index (χ1n) is 10.7. The zero-order valence-electron chi connectivity index (χ0n) is 17.1. The molecule has 2 atom stereocenters. The number of fused-ring (bicyclic) bond motifs is 1. The fourth-order valence-electron chi connectivity index (χ4n) is 4.89. The van der Waals surface area contributed by atoms with E-state index >= 15 is 0 Å². The molecule has 3 rings (SSSR count). The Hall–Kier alpha value is -1.39. The summed E-state index contributed by atoms with van der Waals surface area (Å²) in [5.41, 5.74) is 8.37. The number of nitrogens with one attached hydrogen (secondary N) is 1. The summed E-state index contributed by atoms with van der Waals surface area (Å²) < 4.78 is 0. The SMILES string of the molecule is CC(C)C1CCC(C(C)(O)CNC(=O)c2ccc3c(c2)C(N)CCC3)CC1. The summed E-state index contributed by atoms with van der Waals surface area (Å²) in [5.74, 6) is 1.62. The Bertz CT molecular complexity index is 660. The molecule has 2 unspecified atom stereocenters. The molecule has 1 fully saturated rings. The van der Waals surface area contributed by atoms with Crippen LogP contribution in [0, 0.1) is 17.8 Å². The van der Waals surface area contributed by atoms with E-state index in [-0.39, 0.29) is 17.9 Å². The lowest BCUT2D eigenvalue weighted by Crippen LogP contribution is -2.47. The van der Waals surface area contributed by atoms with Gasteiger partial charge in [0, 0.05) is 18.2 Å². The van der Waals surface area contributed by atoms with Crippen LogP contribution in [0.3, 0.4) is 0 Å². The van der Waals surface area contributed by atoms with Gasteiger partial charge < -0.3 is 16.2 Å². The highest BCUT2D eigenvalue weighted by molar-refractivity contribution is 5.94. The molecule has 4 nitrogen and oxygen atoms in total. The summed E-state index contributed by atoms with van der Waals surface area (Å²) in [5, 5.41) is 13.9. The van der Waals surface area contributed by atoms with E-state index < -0.39 is 5.60 Å². The average molecular weight is 373 g/mol. The third-order valence-corrected chi connectivity index (χ3v) is 6.97. The number of amides is 1. The van der Waals surface area contributed by atoms with Crippen molar-refractivity contribution >= 4 is 5.91 Å². The number of nitrogens with two attached hydrogens (primary N) is 1. The molecule has 1 aromatic carbocycles. The quantitative estimate of drug-likeness (QED) is 0.732. The molecule has 0 saturated heterocycles. The van der Waals surface area contributed by atoms with Crippen molar-refractivity contribution in [1.29, 1.82) is 0 Å². The van der Waals surface area contributed by atoms with Gasteiger partial charge in [-0.05, 0) is 92.9 Å². The molecule has 4 heteroatoms. The number of benzene rings is 1. The Balaban J connectivity index is 1.58. The molecule has 0 bridgehead atoms. The Morgan fingerprint density at radius 1 is 1.26 bits per heavy atom. The fraction of sp³-hybridized carbons (Fsp3) is 0.696. The molecule has 0 spiro atoms. The van der Waals surface area contributed by atoms with Crippen molar-refractivity contribution in [2.45, 2.75) is 77.4 Å². The molecule has 1 amide bonds. The predicted molar refractivity (Wildman–Crippen MR) is 110 cm³/mol. The van der Waals surface area contributed by atoms with Crippen LogP contribution in [-0.2, 0) is 6.42 Å². The molecule has 27 heavy (non-hydrogen) atoms. The topological polar surface area (TPSA) is 75.3 Å². The normalized spacial score (nSPS) is 27.7. The molecule has 0 aromatic heterocycles. The van der Waals surface area contributed by atoms with Gasteiger partial charge in [-0.25, -0.2) is 0 Å². The molecule has 0 heterocycles. The van der Waals surface area contributed by atoms with Crippen LogP contribution in [0.25, 0.3) is 0 Å². The van der Waals surface area contributed by atoms with Crippen molar-refractivity contribution in [2.24, 2.45) is 23.5 Å². The zero-order valence-corrected chi connectivity index (χ0v) is 17.1. The first kappa shape index (κ1) is 20.3. The summed E-state index contributed by atoms with van der Waals surface area (Å²) in [4.78, 5) is 12.6. The molecule has 0 radical (unpaired) electrons. The van der Waals surface area contributed by atoms with Crippen molar-refractivity contribution in [3.05, 3.63) is 34.9 Å². The second-order valence-corrected chi connectivity index (χ2v) is 9.31. The second-order valence-electron chi connectivity index (χ2n) is 9.31. The van der Waals surface area contributed by atoms with Gasteiger partial charge in [0.15, 0.2) is 0 Å². The lowest BCUT2D eigenvalue weighted by molar-refractivity contribution is -0.0228. The van der Waals surface area contributed by atoms with Crippen LogP contribution < -0.4 is 11.1 Å². The van der Waals surface area contributed by atoms with E-state index in [4.69, 9.17) is 5.73 Å². The van der Waals surface area contributed by atoms with E-state index in [0.29, 0.717) is 18.0 Å². The minimum atomic E-state index is -0.859. The highest BCUT2D eigenvalue weighted by atomic mass is 16.3. The van der Waals surface area contributed by atoms with Crippen LogP contribution >= 0.6 is 0 Å².